The van der Waals surface area contributed by atoms with Crippen molar-refractivity contribution in [1.82, 2.24) is 4.57 Å². The molecule has 0 spiro atoms. The second kappa shape index (κ2) is 13.0. The predicted octanol–water partition coefficient (Wildman–Crippen LogP) is 8.08. The molecule has 178 valence electrons. The smallest absolute Gasteiger partial charge is 0.123 e. The molecule has 35 heavy (non-hydrogen) atoms. The summed E-state index contributed by atoms with van der Waals surface area (Å²) in [5.74, 6) is 2.53. The van der Waals surface area contributed by atoms with Crippen molar-refractivity contribution in [3.05, 3.63) is 109 Å². The van der Waals surface area contributed by atoms with Gasteiger partial charge in [0.2, 0.25) is 0 Å². The Hall–Kier alpha value is -4.03. The van der Waals surface area contributed by atoms with Crippen LogP contribution in [0.25, 0.3) is 33.5 Å². The highest BCUT2D eigenvalue weighted by Gasteiger charge is 2.24. The molecule has 0 saturated heterocycles. The van der Waals surface area contributed by atoms with Crippen molar-refractivity contribution in [3.63, 3.8) is 0 Å². The van der Waals surface area contributed by atoms with Gasteiger partial charge in [0, 0.05) is 29.8 Å². The van der Waals surface area contributed by atoms with Gasteiger partial charge in [-0.1, -0.05) is 74.2 Å². The van der Waals surface area contributed by atoms with Crippen LogP contribution in [0, 0.1) is 18.2 Å². The van der Waals surface area contributed by atoms with Crippen molar-refractivity contribution in [2.24, 2.45) is 5.73 Å². The SMILES string of the molecule is C#CCCCCn1c(CC)c(-c2ccccc2)c(-c2ccccc2)c1-c1ccc(F)cc1.C=CN. The van der Waals surface area contributed by atoms with Crippen LogP contribution in [-0.2, 0) is 13.0 Å². The van der Waals surface area contributed by atoms with Crippen LogP contribution in [0.15, 0.2) is 97.7 Å². The van der Waals surface area contributed by atoms with Crippen molar-refractivity contribution >= 4 is 0 Å². The molecule has 0 aliphatic heterocycles. The lowest BCUT2D eigenvalue weighted by atomic mass is 9.92. The molecule has 2 N–H and O–H groups in total. The Balaban J connectivity index is 0.00000108. The van der Waals surface area contributed by atoms with Gasteiger partial charge in [0.05, 0.1) is 5.69 Å². The maximum Gasteiger partial charge on any atom is 0.123 e. The van der Waals surface area contributed by atoms with E-state index in [9.17, 15) is 4.39 Å². The van der Waals surface area contributed by atoms with Crippen LogP contribution in [0.3, 0.4) is 0 Å². The molecule has 2 nitrogen and oxygen atoms in total. The van der Waals surface area contributed by atoms with E-state index in [1.807, 2.05) is 18.2 Å². The average molecular weight is 465 g/mol. The highest BCUT2D eigenvalue weighted by molar-refractivity contribution is 5.95. The van der Waals surface area contributed by atoms with Crippen LogP contribution in [0.5, 0.6) is 0 Å². The topological polar surface area (TPSA) is 30.9 Å². The van der Waals surface area contributed by atoms with E-state index < -0.39 is 0 Å². The highest BCUT2D eigenvalue weighted by atomic mass is 19.1. The molecular weight excluding hydrogens is 431 g/mol. The minimum Gasteiger partial charge on any atom is -0.405 e. The number of aromatic nitrogens is 1. The Morgan fingerprint density at radius 1 is 0.857 bits per heavy atom. The van der Waals surface area contributed by atoms with E-state index in [0.717, 1.165) is 43.5 Å². The molecule has 4 rings (SSSR count). The molecular formula is C32H33FN2. The van der Waals surface area contributed by atoms with Crippen molar-refractivity contribution in [2.75, 3.05) is 0 Å². The highest BCUT2D eigenvalue weighted by Crippen LogP contribution is 2.45. The first-order valence-electron chi connectivity index (χ1n) is 12.0. The summed E-state index contributed by atoms with van der Waals surface area (Å²) in [4.78, 5) is 0. The maximum absolute atomic E-state index is 13.8. The number of nitrogens with zero attached hydrogens (tertiary/aromatic N) is 1. The molecule has 0 aliphatic rings. The standard InChI is InChI=1S/C30H28FN.C2H5N/c1-3-5-6-13-22-32-27(4-2)28(23-14-9-7-10-15-23)29(24-16-11-8-12-17-24)30(32)25-18-20-26(31)21-19-25;1-2-3/h1,7-12,14-21H,4-6,13,22H2,2H3;2H,1,3H2. The van der Waals surface area contributed by atoms with Crippen LogP contribution in [0.2, 0.25) is 0 Å². The summed E-state index contributed by atoms with van der Waals surface area (Å²) in [5.41, 5.74) is 12.9. The van der Waals surface area contributed by atoms with Crippen LogP contribution in [-0.4, -0.2) is 4.57 Å². The second-order valence-electron chi connectivity index (χ2n) is 8.19. The zero-order valence-corrected chi connectivity index (χ0v) is 20.4. The predicted molar refractivity (Wildman–Crippen MR) is 147 cm³/mol. The van der Waals surface area contributed by atoms with E-state index in [0.29, 0.717) is 0 Å². The Morgan fingerprint density at radius 2 is 1.40 bits per heavy atom. The minimum atomic E-state index is -0.221. The van der Waals surface area contributed by atoms with E-state index in [1.165, 1.54) is 34.1 Å². The lowest BCUT2D eigenvalue weighted by molar-refractivity contribution is 0.605. The number of rotatable bonds is 8. The van der Waals surface area contributed by atoms with E-state index >= 15 is 0 Å². The Bertz CT molecular complexity index is 1250. The molecule has 0 saturated carbocycles. The molecule has 3 heteroatoms. The van der Waals surface area contributed by atoms with Crippen LogP contribution in [0.1, 0.15) is 31.9 Å². The fourth-order valence-corrected chi connectivity index (χ4v) is 4.49. The number of hydrogen-bond acceptors (Lipinski definition) is 1. The summed E-state index contributed by atoms with van der Waals surface area (Å²) < 4.78 is 16.2. The fourth-order valence-electron chi connectivity index (χ4n) is 4.49. The Labute approximate surface area is 208 Å². The van der Waals surface area contributed by atoms with Gasteiger partial charge < -0.3 is 10.3 Å². The molecule has 0 radical (unpaired) electrons. The van der Waals surface area contributed by atoms with Gasteiger partial charge in [-0.25, -0.2) is 4.39 Å². The molecule has 1 aromatic heterocycles. The Morgan fingerprint density at radius 3 is 1.91 bits per heavy atom. The maximum atomic E-state index is 13.8. The first-order chi connectivity index (χ1) is 17.2. The van der Waals surface area contributed by atoms with E-state index in [2.05, 4.69) is 84.3 Å². The van der Waals surface area contributed by atoms with E-state index in [1.54, 1.807) is 12.1 Å². The number of halogens is 1. The zero-order chi connectivity index (χ0) is 25.0. The molecule has 0 fully saturated rings. The average Bonchev–Trinajstić information content (AvgIpc) is 3.22. The van der Waals surface area contributed by atoms with Gasteiger partial charge in [-0.15, -0.1) is 12.3 Å². The number of nitrogens with two attached hydrogens (primary N) is 1. The van der Waals surface area contributed by atoms with Crippen LogP contribution < -0.4 is 5.73 Å². The van der Waals surface area contributed by atoms with Crippen molar-refractivity contribution in [2.45, 2.75) is 39.2 Å². The third-order valence-electron chi connectivity index (χ3n) is 5.90. The fraction of sp³-hybridized carbons (Fsp3) is 0.188. The van der Waals surface area contributed by atoms with Crippen LogP contribution in [0.4, 0.5) is 4.39 Å². The number of hydrogen-bond donors (Lipinski definition) is 1. The normalized spacial score (nSPS) is 10.2. The number of terminal acetylenes is 1. The summed E-state index contributed by atoms with van der Waals surface area (Å²) in [6, 6.07) is 28.0. The number of unbranched alkanes of at least 4 members (excludes halogenated alkanes) is 2. The van der Waals surface area contributed by atoms with Crippen molar-refractivity contribution in [1.29, 1.82) is 0 Å². The lowest BCUT2D eigenvalue weighted by Gasteiger charge is -2.14. The second-order valence-corrected chi connectivity index (χ2v) is 8.19. The zero-order valence-electron chi connectivity index (χ0n) is 20.4. The third-order valence-corrected chi connectivity index (χ3v) is 5.90. The molecule has 3 aromatic carbocycles. The summed E-state index contributed by atoms with van der Waals surface area (Å²) in [7, 11) is 0. The van der Waals surface area contributed by atoms with Crippen molar-refractivity contribution in [3.8, 4) is 45.9 Å². The molecule has 1 heterocycles. The summed E-state index contributed by atoms with van der Waals surface area (Å²) in [5, 5.41) is 0. The first kappa shape index (κ1) is 25.6. The van der Waals surface area contributed by atoms with Gasteiger partial charge in [-0.3, -0.25) is 0 Å². The first-order valence-corrected chi connectivity index (χ1v) is 12.0. The largest absolute Gasteiger partial charge is 0.405 e. The molecule has 0 unspecified atom stereocenters. The lowest BCUT2D eigenvalue weighted by Crippen LogP contribution is -2.05. The molecule has 0 amide bonds. The van der Waals surface area contributed by atoms with Crippen molar-refractivity contribution < 1.29 is 4.39 Å². The monoisotopic (exact) mass is 464 g/mol. The minimum absolute atomic E-state index is 0.221. The van der Waals surface area contributed by atoms with Gasteiger partial charge in [0.15, 0.2) is 0 Å². The van der Waals surface area contributed by atoms with E-state index in [-0.39, 0.29) is 5.82 Å². The van der Waals surface area contributed by atoms with Gasteiger partial charge in [-0.2, -0.15) is 0 Å². The molecule has 0 atom stereocenters. The molecule has 4 aromatic rings. The number of benzene rings is 3. The van der Waals surface area contributed by atoms with Crippen LogP contribution >= 0.6 is 0 Å². The molecule has 0 aliphatic carbocycles. The van der Waals surface area contributed by atoms with Gasteiger partial charge in [0.25, 0.3) is 0 Å². The van der Waals surface area contributed by atoms with E-state index in [4.69, 9.17) is 6.42 Å². The summed E-state index contributed by atoms with van der Waals surface area (Å²) >= 11 is 0. The summed E-state index contributed by atoms with van der Waals surface area (Å²) in [6.45, 7) is 6.23. The quantitative estimate of drug-likeness (QED) is 0.207. The van der Waals surface area contributed by atoms with Gasteiger partial charge in [-0.05, 0) is 66.4 Å². The Kier molecular flexibility index (Phi) is 9.51. The van der Waals surface area contributed by atoms with Gasteiger partial charge >= 0.3 is 0 Å². The summed E-state index contributed by atoms with van der Waals surface area (Å²) in [6.07, 6.45) is 10.4. The third kappa shape index (κ3) is 6.11. The van der Waals surface area contributed by atoms with Gasteiger partial charge in [0.1, 0.15) is 5.82 Å². The molecule has 0 bridgehead atoms.